The van der Waals surface area contributed by atoms with Crippen molar-refractivity contribution in [3.8, 4) is 0 Å². The van der Waals surface area contributed by atoms with E-state index in [1.807, 2.05) is 18.2 Å². The van der Waals surface area contributed by atoms with Gasteiger partial charge in [-0.05, 0) is 25.0 Å². The van der Waals surface area contributed by atoms with Crippen LogP contribution in [-0.4, -0.2) is 61.9 Å². The Morgan fingerprint density at radius 1 is 1.18 bits per heavy atom. The molecule has 7 heteroatoms. The Balaban J connectivity index is 1.63. The number of nitrogens with zero attached hydrogens (tertiary/aromatic N) is 3. The van der Waals surface area contributed by atoms with Crippen LogP contribution in [0.2, 0.25) is 0 Å². The van der Waals surface area contributed by atoms with E-state index in [1.165, 1.54) is 0 Å². The molecule has 120 valence electrons. The van der Waals surface area contributed by atoms with Gasteiger partial charge in [0.2, 0.25) is 5.91 Å². The Morgan fingerprint density at radius 2 is 1.95 bits per heavy atom. The molecule has 2 saturated heterocycles. The van der Waals surface area contributed by atoms with Gasteiger partial charge in [-0.1, -0.05) is 6.07 Å². The first-order valence-corrected chi connectivity index (χ1v) is 9.52. The number of hydrogen-bond donors (Lipinski definition) is 0. The second kappa shape index (κ2) is 6.24. The van der Waals surface area contributed by atoms with Gasteiger partial charge in [0.05, 0.1) is 17.4 Å². The molecule has 1 amide bonds. The Hall–Kier alpha value is -1.63. The summed E-state index contributed by atoms with van der Waals surface area (Å²) in [6.45, 7) is 2.25. The number of carbonyl (C=O) groups excluding carboxylic acids is 1. The van der Waals surface area contributed by atoms with Crippen molar-refractivity contribution in [3.05, 3.63) is 24.4 Å². The van der Waals surface area contributed by atoms with Crippen molar-refractivity contribution in [1.82, 2.24) is 9.88 Å². The Kier molecular flexibility index (Phi) is 4.33. The summed E-state index contributed by atoms with van der Waals surface area (Å²) in [6, 6.07) is 5.79. The van der Waals surface area contributed by atoms with Gasteiger partial charge in [-0.3, -0.25) is 4.79 Å². The smallest absolute Gasteiger partial charge is 0.227 e. The zero-order valence-corrected chi connectivity index (χ0v) is 13.3. The van der Waals surface area contributed by atoms with Crippen molar-refractivity contribution >= 4 is 21.6 Å². The van der Waals surface area contributed by atoms with E-state index < -0.39 is 9.84 Å². The minimum absolute atomic E-state index is 0.0587. The van der Waals surface area contributed by atoms with Crippen LogP contribution in [0.5, 0.6) is 0 Å². The van der Waals surface area contributed by atoms with E-state index in [4.69, 9.17) is 0 Å². The van der Waals surface area contributed by atoms with Crippen LogP contribution in [0.1, 0.15) is 12.8 Å². The second-order valence-corrected chi connectivity index (χ2v) is 8.25. The van der Waals surface area contributed by atoms with Crippen molar-refractivity contribution in [2.75, 3.05) is 42.6 Å². The van der Waals surface area contributed by atoms with E-state index in [0.29, 0.717) is 19.6 Å². The number of sulfone groups is 1. The molecule has 0 aromatic carbocycles. The minimum atomic E-state index is -2.95. The number of pyridine rings is 1. The monoisotopic (exact) mass is 323 g/mol. The molecule has 0 bridgehead atoms. The van der Waals surface area contributed by atoms with Crippen LogP contribution in [0.3, 0.4) is 0 Å². The van der Waals surface area contributed by atoms with Gasteiger partial charge in [0.1, 0.15) is 5.82 Å². The zero-order chi connectivity index (χ0) is 15.6. The van der Waals surface area contributed by atoms with Crippen LogP contribution in [0.15, 0.2) is 24.4 Å². The Bertz CT molecular complexity index is 619. The molecule has 1 unspecified atom stereocenters. The maximum atomic E-state index is 12.6. The molecule has 1 aromatic heterocycles. The van der Waals surface area contributed by atoms with Crippen LogP contribution in [0, 0.1) is 5.92 Å². The van der Waals surface area contributed by atoms with E-state index in [0.717, 1.165) is 25.2 Å². The van der Waals surface area contributed by atoms with Gasteiger partial charge in [0, 0.05) is 32.4 Å². The average molecular weight is 323 g/mol. The van der Waals surface area contributed by atoms with Crippen molar-refractivity contribution in [2.24, 2.45) is 5.92 Å². The lowest BCUT2D eigenvalue weighted by molar-refractivity contribution is -0.135. The molecule has 22 heavy (non-hydrogen) atoms. The van der Waals surface area contributed by atoms with Gasteiger partial charge in [0.15, 0.2) is 9.84 Å². The predicted molar refractivity (Wildman–Crippen MR) is 84.4 cm³/mol. The van der Waals surface area contributed by atoms with Gasteiger partial charge < -0.3 is 9.80 Å². The van der Waals surface area contributed by atoms with Crippen LogP contribution in [0.4, 0.5) is 5.82 Å². The average Bonchev–Trinajstić information content (AvgIpc) is 2.55. The summed E-state index contributed by atoms with van der Waals surface area (Å²) in [5, 5.41) is 0. The standard InChI is InChI=1S/C15H21N3O3S/c19-15(17-8-10-22(20,21)11-9-17)13-4-3-7-18(12-13)14-5-1-2-6-16-14/h1-2,5-6,13H,3-4,7-12H2. The number of hydrogen-bond acceptors (Lipinski definition) is 5. The molecule has 6 nitrogen and oxygen atoms in total. The van der Waals surface area contributed by atoms with E-state index in [-0.39, 0.29) is 23.3 Å². The van der Waals surface area contributed by atoms with Gasteiger partial charge in [-0.15, -0.1) is 0 Å². The molecule has 1 atom stereocenters. The second-order valence-electron chi connectivity index (χ2n) is 5.95. The van der Waals surface area contributed by atoms with E-state index in [2.05, 4.69) is 9.88 Å². The number of rotatable bonds is 2. The van der Waals surface area contributed by atoms with Crippen LogP contribution >= 0.6 is 0 Å². The molecular weight excluding hydrogens is 302 g/mol. The summed E-state index contributed by atoms with van der Waals surface area (Å²) in [6.07, 6.45) is 3.58. The van der Waals surface area contributed by atoms with Gasteiger partial charge in [-0.2, -0.15) is 0 Å². The molecule has 0 N–H and O–H groups in total. The molecule has 1 aromatic rings. The summed E-state index contributed by atoms with van der Waals surface area (Å²) < 4.78 is 23.0. The molecule has 0 aliphatic carbocycles. The third-order valence-electron chi connectivity index (χ3n) is 4.40. The van der Waals surface area contributed by atoms with Crippen molar-refractivity contribution in [1.29, 1.82) is 0 Å². The summed E-state index contributed by atoms with van der Waals surface area (Å²) >= 11 is 0. The highest BCUT2D eigenvalue weighted by Gasteiger charge is 2.32. The highest BCUT2D eigenvalue weighted by molar-refractivity contribution is 7.91. The van der Waals surface area contributed by atoms with Crippen LogP contribution < -0.4 is 4.90 Å². The number of piperidine rings is 1. The third kappa shape index (κ3) is 3.40. The molecular formula is C15H21N3O3S. The summed E-state index contributed by atoms with van der Waals surface area (Å²) in [5.74, 6) is 1.12. The first-order valence-electron chi connectivity index (χ1n) is 7.70. The van der Waals surface area contributed by atoms with Crippen LogP contribution in [-0.2, 0) is 14.6 Å². The first kappa shape index (κ1) is 15.3. The van der Waals surface area contributed by atoms with Crippen molar-refractivity contribution < 1.29 is 13.2 Å². The molecule has 0 spiro atoms. The Morgan fingerprint density at radius 3 is 2.64 bits per heavy atom. The summed E-state index contributed by atoms with van der Waals surface area (Å²) in [4.78, 5) is 20.8. The molecule has 0 saturated carbocycles. The summed E-state index contributed by atoms with van der Waals surface area (Å²) in [7, 11) is -2.95. The molecule has 3 rings (SSSR count). The zero-order valence-electron chi connectivity index (χ0n) is 12.5. The van der Waals surface area contributed by atoms with Gasteiger partial charge >= 0.3 is 0 Å². The molecule has 2 aliphatic rings. The Labute approximate surface area is 131 Å². The van der Waals surface area contributed by atoms with E-state index in [9.17, 15) is 13.2 Å². The molecule has 0 radical (unpaired) electrons. The highest BCUT2D eigenvalue weighted by atomic mass is 32.2. The fraction of sp³-hybridized carbons (Fsp3) is 0.600. The number of aromatic nitrogens is 1. The maximum Gasteiger partial charge on any atom is 0.227 e. The number of carbonyl (C=O) groups is 1. The van der Waals surface area contributed by atoms with Crippen LogP contribution in [0.25, 0.3) is 0 Å². The van der Waals surface area contributed by atoms with Gasteiger partial charge in [-0.25, -0.2) is 13.4 Å². The normalized spacial score (nSPS) is 25.0. The lowest BCUT2D eigenvalue weighted by atomic mass is 9.96. The predicted octanol–water partition coefficient (Wildman–Crippen LogP) is 0.555. The maximum absolute atomic E-state index is 12.6. The van der Waals surface area contributed by atoms with Gasteiger partial charge in [0.25, 0.3) is 0 Å². The third-order valence-corrected chi connectivity index (χ3v) is 6.01. The van der Waals surface area contributed by atoms with Crippen molar-refractivity contribution in [3.63, 3.8) is 0 Å². The lowest BCUT2D eigenvalue weighted by Crippen LogP contribution is -2.49. The summed E-state index contributed by atoms with van der Waals surface area (Å²) in [5.41, 5.74) is 0. The first-order chi connectivity index (χ1) is 10.6. The van der Waals surface area contributed by atoms with E-state index in [1.54, 1.807) is 11.1 Å². The fourth-order valence-corrected chi connectivity index (χ4v) is 4.32. The quantitative estimate of drug-likeness (QED) is 0.795. The molecule has 3 heterocycles. The molecule has 2 fully saturated rings. The largest absolute Gasteiger partial charge is 0.356 e. The number of anilines is 1. The minimum Gasteiger partial charge on any atom is -0.356 e. The SMILES string of the molecule is O=C(C1CCCN(c2ccccn2)C1)N1CCS(=O)(=O)CC1. The van der Waals surface area contributed by atoms with Crippen molar-refractivity contribution in [2.45, 2.75) is 12.8 Å². The van der Waals surface area contributed by atoms with E-state index >= 15 is 0 Å². The number of amides is 1. The molecule has 2 aliphatic heterocycles. The lowest BCUT2D eigenvalue weighted by Gasteiger charge is -2.36. The highest BCUT2D eigenvalue weighted by Crippen LogP contribution is 2.23. The fourth-order valence-electron chi connectivity index (χ4n) is 3.12. The topological polar surface area (TPSA) is 70.6 Å².